The lowest BCUT2D eigenvalue weighted by Crippen LogP contribution is -2.34. The summed E-state index contributed by atoms with van der Waals surface area (Å²) in [4.78, 5) is 13.0. The summed E-state index contributed by atoms with van der Waals surface area (Å²) in [5.41, 5.74) is 0. The van der Waals surface area contributed by atoms with Gasteiger partial charge in [-0.25, -0.2) is 17.6 Å². The molecule has 9 heteroatoms. The van der Waals surface area contributed by atoms with E-state index in [-0.39, 0.29) is 5.02 Å². The fourth-order valence-electron chi connectivity index (χ4n) is 2.04. The Hall–Kier alpha value is -1.93. The van der Waals surface area contributed by atoms with Gasteiger partial charge in [0.15, 0.2) is 5.03 Å². The van der Waals surface area contributed by atoms with Gasteiger partial charge in [-0.2, -0.15) is 9.78 Å². The highest BCUT2D eigenvalue weighted by Crippen LogP contribution is 2.29. The number of nitrogens with zero attached hydrogens (tertiary/aromatic N) is 3. The number of rotatable bonds is 4. The highest BCUT2D eigenvalue weighted by atomic mass is 35.5. The Bertz CT molecular complexity index is 811. The van der Waals surface area contributed by atoms with Crippen LogP contribution in [0.4, 0.5) is 9.18 Å². The first kappa shape index (κ1) is 17.4. The predicted molar refractivity (Wildman–Crippen MR) is 82.8 cm³/mol. The standard InChI is InChI=1S/C14H15ClFN3O3S/c1-3-18(4-2)14(20)19-9-8-12(17-19)23(21,22)13-10(15)6-5-7-11(13)16/h5-9H,3-4H2,1-2H3. The number of hydrogen-bond donors (Lipinski definition) is 0. The van der Waals surface area contributed by atoms with Crippen LogP contribution in [0, 0.1) is 5.82 Å². The Morgan fingerprint density at radius 2 is 1.96 bits per heavy atom. The maximum atomic E-state index is 13.9. The molecule has 2 aromatic rings. The summed E-state index contributed by atoms with van der Waals surface area (Å²) < 4.78 is 39.8. The van der Waals surface area contributed by atoms with Crippen molar-refractivity contribution in [1.82, 2.24) is 14.7 Å². The average molecular weight is 360 g/mol. The lowest BCUT2D eigenvalue weighted by molar-refractivity contribution is 0.201. The zero-order valence-electron chi connectivity index (χ0n) is 12.5. The molecule has 0 aliphatic carbocycles. The van der Waals surface area contributed by atoms with Crippen molar-refractivity contribution in [3.63, 3.8) is 0 Å². The molecule has 23 heavy (non-hydrogen) atoms. The van der Waals surface area contributed by atoms with E-state index in [9.17, 15) is 17.6 Å². The molecule has 0 saturated heterocycles. The third-order valence-corrected chi connectivity index (χ3v) is 5.41. The van der Waals surface area contributed by atoms with E-state index in [1.807, 2.05) is 0 Å². The number of amides is 1. The summed E-state index contributed by atoms with van der Waals surface area (Å²) in [6.45, 7) is 4.50. The fourth-order valence-corrected chi connectivity index (χ4v) is 3.80. The van der Waals surface area contributed by atoms with Crippen molar-refractivity contribution in [2.24, 2.45) is 0 Å². The molecule has 0 unspecified atom stereocenters. The molecule has 0 spiro atoms. The van der Waals surface area contributed by atoms with E-state index in [0.29, 0.717) is 13.1 Å². The molecule has 124 valence electrons. The first-order valence-electron chi connectivity index (χ1n) is 6.87. The van der Waals surface area contributed by atoms with E-state index < -0.39 is 31.6 Å². The number of aromatic nitrogens is 2. The first-order chi connectivity index (χ1) is 10.8. The zero-order valence-corrected chi connectivity index (χ0v) is 14.1. The molecular formula is C14H15ClFN3O3S. The van der Waals surface area contributed by atoms with Crippen LogP contribution in [-0.2, 0) is 9.84 Å². The largest absolute Gasteiger partial charge is 0.344 e. The third kappa shape index (κ3) is 3.23. The summed E-state index contributed by atoms with van der Waals surface area (Å²) in [7, 11) is -4.26. The van der Waals surface area contributed by atoms with Crippen molar-refractivity contribution < 1.29 is 17.6 Å². The van der Waals surface area contributed by atoms with Gasteiger partial charge in [0.1, 0.15) is 10.7 Å². The number of carbonyl (C=O) groups excluding carboxylic acids is 1. The maximum absolute atomic E-state index is 13.9. The molecule has 6 nitrogen and oxygen atoms in total. The molecule has 0 aliphatic heterocycles. The van der Waals surface area contributed by atoms with E-state index in [2.05, 4.69) is 5.10 Å². The average Bonchev–Trinajstić information content (AvgIpc) is 2.98. The monoisotopic (exact) mass is 359 g/mol. The Balaban J connectivity index is 2.46. The molecule has 0 bridgehead atoms. The molecule has 0 saturated carbocycles. The number of sulfone groups is 1. The molecular weight excluding hydrogens is 345 g/mol. The molecule has 0 N–H and O–H groups in total. The van der Waals surface area contributed by atoms with Crippen LogP contribution in [0.5, 0.6) is 0 Å². The number of halogens is 2. The van der Waals surface area contributed by atoms with Crippen LogP contribution in [0.1, 0.15) is 13.8 Å². The second-order valence-corrected chi connectivity index (χ2v) is 6.85. The second-order valence-electron chi connectivity index (χ2n) is 4.61. The van der Waals surface area contributed by atoms with Gasteiger partial charge in [0.2, 0.25) is 9.84 Å². The third-order valence-electron chi connectivity index (χ3n) is 3.26. The SMILES string of the molecule is CCN(CC)C(=O)n1ccc(S(=O)(=O)c2c(F)cccc2Cl)n1. The van der Waals surface area contributed by atoms with Crippen LogP contribution in [0.2, 0.25) is 5.02 Å². The lowest BCUT2D eigenvalue weighted by Gasteiger charge is -2.17. The molecule has 1 aromatic heterocycles. The highest BCUT2D eigenvalue weighted by Gasteiger charge is 2.28. The van der Waals surface area contributed by atoms with Crippen molar-refractivity contribution in [2.45, 2.75) is 23.8 Å². The fraction of sp³-hybridized carbons (Fsp3) is 0.286. The summed E-state index contributed by atoms with van der Waals surface area (Å²) in [5.74, 6) is -0.970. The van der Waals surface area contributed by atoms with Gasteiger partial charge in [-0.1, -0.05) is 17.7 Å². The molecule has 1 amide bonds. The maximum Gasteiger partial charge on any atom is 0.344 e. The van der Waals surface area contributed by atoms with Crippen molar-refractivity contribution in [2.75, 3.05) is 13.1 Å². The van der Waals surface area contributed by atoms with Gasteiger partial charge in [0.05, 0.1) is 5.02 Å². The number of hydrogen-bond acceptors (Lipinski definition) is 4. The molecule has 1 aromatic carbocycles. The van der Waals surface area contributed by atoms with E-state index in [1.54, 1.807) is 13.8 Å². The van der Waals surface area contributed by atoms with Crippen LogP contribution in [0.15, 0.2) is 40.4 Å². The van der Waals surface area contributed by atoms with Gasteiger partial charge in [0.25, 0.3) is 0 Å². The Kier molecular flexibility index (Phi) is 5.06. The van der Waals surface area contributed by atoms with Gasteiger partial charge >= 0.3 is 6.03 Å². The van der Waals surface area contributed by atoms with Crippen LogP contribution in [-0.4, -0.2) is 42.2 Å². The van der Waals surface area contributed by atoms with Gasteiger partial charge in [0, 0.05) is 19.3 Å². The van der Waals surface area contributed by atoms with Gasteiger partial charge in [-0.3, -0.25) is 0 Å². The smallest absolute Gasteiger partial charge is 0.323 e. The number of benzene rings is 1. The molecule has 0 radical (unpaired) electrons. The molecule has 2 rings (SSSR count). The molecule has 0 aliphatic rings. The van der Waals surface area contributed by atoms with Crippen molar-refractivity contribution in [1.29, 1.82) is 0 Å². The Morgan fingerprint density at radius 1 is 1.30 bits per heavy atom. The Labute approximate surface area is 138 Å². The van der Waals surface area contributed by atoms with Crippen LogP contribution >= 0.6 is 11.6 Å². The van der Waals surface area contributed by atoms with Gasteiger partial charge < -0.3 is 4.90 Å². The molecule has 1 heterocycles. The summed E-state index contributed by atoms with van der Waals surface area (Å²) >= 11 is 5.80. The zero-order chi connectivity index (χ0) is 17.2. The summed E-state index contributed by atoms with van der Waals surface area (Å²) in [6.07, 6.45) is 1.22. The normalized spacial score (nSPS) is 11.5. The van der Waals surface area contributed by atoms with Crippen molar-refractivity contribution >= 4 is 27.5 Å². The first-order valence-corrected chi connectivity index (χ1v) is 8.73. The van der Waals surface area contributed by atoms with Crippen LogP contribution < -0.4 is 0 Å². The van der Waals surface area contributed by atoms with E-state index >= 15 is 0 Å². The van der Waals surface area contributed by atoms with Gasteiger partial charge in [-0.15, -0.1) is 0 Å². The van der Waals surface area contributed by atoms with E-state index in [4.69, 9.17) is 11.6 Å². The minimum Gasteiger partial charge on any atom is -0.323 e. The van der Waals surface area contributed by atoms with Crippen LogP contribution in [0.25, 0.3) is 0 Å². The number of carbonyl (C=O) groups is 1. The summed E-state index contributed by atoms with van der Waals surface area (Å²) in [5, 5.41) is 3.09. The van der Waals surface area contributed by atoms with Crippen LogP contribution in [0.3, 0.4) is 0 Å². The lowest BCUT2D eigenvalue weighted by atomic mass is 10.3. The van der Waals surface area contributed by atoms with Crippen molar-refractivity contribution in [3.8, 4) is 0 Å². The Morgan fingerprint density at radius 3 is 2.52 bits per heavy atom. The minimum absolute atomic E-state index is 0.241. The minimum atomic E-state index is -4.26. The highest BCUT2D eigenvalue weighted by molar-refractivity contribution is 7.91. The van der Waals surface area contributed by atoms with Gasteiger partial charge in [-0.05, 0) is 32.0 Å². The predicted octanol–water partition coefficient (Wildman–Crippen LogP) is 2.82. The molecule has 0 atom stereocenters. The topological polar surface area (TPSA) is 72.3 Å². The quantitative estimate of drug-likeness (QED) is 0.841. The van der Waals surface area contributed by atoms with E-state index in [1.165, 1.54) is 23.2 Å². The molecule has 0 fully saturated rings. The van der Waals surface area contributed by atoms with E-state index in [0.717, 1.165) is 16.8 Å². The van der Waals surface area contributed by atoms with Crippen molar-refractivity contribution in [3.05, 3.63) is 41.3 Å². The summed E-state index contributed by atoms with van der Waals surface area (Å²) in [6, 6.07) is 4.25. The second kappa shape index (κ2) is 6.67.